The molecule has 1 aromatic heterocycles. The Morgan fingerprint density at radius 3 is 2.56 bits per heavy atom. The molecule has 0 amide bonds. The fourth-order valence-corrected chi connectivity index (χ4v) is 3.88. The van der Waals surface area contributed by atoms with Crippen molar-refractivity contribution in [1.82, 2.24) is 15.6 Å². The summed E-state index contributed by atoms with van der Waals surface area (Å²) in [6.45, 7) is 8.78. The average molecular weight is 367 g/mol. The van der Waals surface area contributed by atoms with Gasteiger partial charge in [-0.15, -0.1) is 11.3 Å². The van der Waals surface area contributed by atoms with Crippen molar-refractivity contribution < 1.29 is 4.74 Å². The summed E-state index contributed by atoms with van der Waals surface area (Å²) in [5.41, 5.74) is 1.25. The predicted molar refractivity (Wildman–Crippen MR) is 106 cm³/mol. The molecule has 2 rings (SSSR count). The van der Waals surface area contributed by atoms with Crippen molar-refractivity contribution in [3.05, 3.63) is 16.1 Å². The Hall–Kier alpha value is -1.14. The minimum absolute atomic E-state index is 0.101. The van der Waals surface area contributed by atoms with E-state index in [9.17, 15) is 0 Å². The van der Waals surface area contributed by atoms with E-state index in [2.05, 4.69) is 41.8 Å². The maximum atomic E-state index is 6.01. The van der Waals surface area contributed by atoms with Gasteiger partial charge in [0.1, 0.15) is 5.01 Å². The smallest absolute Gasteiger partial charge is 0.191 e. The number of ether oxygens (including phenoxy) is 1. The van der Waals surface area contributed by atoms with E-state index in [4.69, 9.17) is 9.72 Å². The van der Waals surface area contributed by atoms with Crippen LogP contribution in [0.3, 0.4) is 0 Å². The van der Waals surface area contributed by atoms with E-state index in [1.807, 2.05) is 0 Å². The molecule has 1 fully saturated rings. The van der Waals surface area contributed by atoms with Crippen LogP contribution in [0, 0.1) is 0 Å². The summed E-state index contributed by atoms with van der Waals surface area (Å²) in [5, 5.41) is 9.89. The predicted octanol–water partition coefficient (Wildman–Crippen LogP) is 3.85. The van der Waals surface area contributed by atoms with Crippen LogP contribution in [0.1, 0.15) is 70.0 Å². The van der Waals surface area contributed by atoms with Gasteiger partial charge in [-0.1, -0.05) is 46.5 Å². The van der Waals surface area contributed by atoms with Crippen LogP contribution in [0.15, 0.2) is 10.4 Å². The molecule has 0 bridgehead atoms. The van der Waals surface area contributed by atoms with Gasteiger partial charge in [-0.2, -0.15) is 0 Å². The van der Waals surface area contributed by atoms with Crippen molar-refractivity contribution in [2.45, 2.75) is 77.4 Å². The van der Waals surface area contributed by atoms with Gasteiger partial charge in [0.05, 0.1) is 24.9 Å². The van der Waals surface area contributed by atoms with Crippen molar-refractivity contribution in [3.8, 4) is 0 Å². The zero-order chi connectivity index (χ0) is 18.1. The molecule has 0 unspecified atom stereocenters. The van der Waals surface area contributed by atoms with Crippen LogP contribution in [0.5, 0.6) is 0 Å². The first-order valence-corrected chi connectivity index (χ1v) is 10.4. The second kappa shape index (κ2) is 10.1. The number of rotatable bonds is 6. The van der Waals surface area contributed by atoms with Gasteiger partial charge in [0.15, 0.2) is 5.96 Å². The number of nitrogens with one attached hydrogen (secondary N) is 2. The zero-order valence-corrected chi connectivity index (χ0v) is 17.0. The molecule has 1 aliphatic rings. The third-order valence-electron chi connectivity index (χ3n) is 4.50. The molecule has 2 N–H and O–H groups in total. The highest BCUT2D eigenvalue weighted by atomic mass is 32.1. The first-order valence-electron chi connectivity index (χ1n) is 9.50. The third kappa shape index (κ3) is 7.32. The molecule has 6 heteroatoms. The van der Waals surface area contributed by atoms with Crippen LogP contribution in [-0.2, 0) is 16.7 Å². The minimum Gasteiger partial charge on any atom is -0.376 e. The zero-order valence-electron chi connectivity index (χ0n) is 16.2. The fraction of sp³-hybridized carbons (Fsp3) is 0.789. The summed E-state index contributed by atoms with van der Waals surface area (Å²) >= 11 is 1.70. The van der Waals surface area contributed by atoms with Gasteiger partial charge in [-0.3, -0.25) is 4.99 Å². The lowest BCUT2D eigenvalue weighted by atomic mass is 9.93. The van der Waals surface area contributed by atoms with Gasteiger partial charge >= 0.3 is 0 Å². The van der Waals surface area contributed by atoms with Gasteiger partial charge in [0, 0.05) is 24.4 Å². The van der Waals surface area contributed by atoms with E-state index >= 15 is 0 Å². The molecule has 0 saturated heterocycles. The van der Waals surface area contributed by atoms with E-state index in [-0.39, 0.29) is 5.41 Å². The van der Waals surface area contributed by atoms with Crippen LogP contribution in [0.4, 0.5) is 0 Å². The summed E-state index contributed by atoms with van der Waals surface area (Å²) in [4.78, 5) is 8.98. The van der Waals surface area contributed by atoms with Gasteiger partial charge in [0.25, 0.3) is 0 Å². The van der Waals surface area contributed by atoms with E-state index in [1.165, 1.54) is 38.5 Å². The largest absolute Gasteiger partial charge is 0.376 e. The molecule has 0 atom stereocenters. The lowest BCUT2D eigenvalue weighted by Gasteiger charge is -2.16. The summed E-state index contributed by atoms with van der Waals surface area (Å²) in [5.74, 6) is 0.803. The van der Waals surface area contributed by atoms with Gasteiger partial charge in [-0.25, -0.2) is 4.98 Å². The molecule has 1 heterocycles. The molecule has 5 nitrogen and oxygen atoms in total. The van der Waals surface area contributed by atoms with E-state index in [0.717, 1.165) is 29.8 Å². The van der Waals surface area contributed by atoms with Gasteiger partial charge in [-0.05, 0) is 12.8 Å². The number of nitrogens with zero attached hydrogens (tertiary/aromatic N) is 2. The second-order valence-corrected chi connectivity index (χ2v) is 8.66. The van der Waals surface area contributed by atoms with Crippen molar-refractivity contribution in [2.24, 2.45) is 4.99 Å². The first kappa shape index (κ1) is 20.2. The van der Waals surface area contributed by atoms with Crippen LogP contribution in [0.2, 0.25) is 0 Å². The van der Waals surface area contributed by atoms with Crippen molar-refractivity contribution in [2.75, 3.05) is 20.2 Å². The standard InChI is InChI=1S/C19H34N4OS/c1-19(2,3)16-14-25-17(23-16)13-22-18(20-4)21-11-12-24-15-9-7-5-6-8-10-15/h14-15H,5-13H2,1-4H3,(H2,20,21,22). The molecule has 0 radical (unpaired) electrons. The SMILES string of the molecule is CN=C(NCCOC1CCCCCC1)NCc1nc(C(C)(C)C)cs1. The van der Waals surface area contributed by atoms with Gasteiger partial charge < -0.3 is 15.4 Å². The monoisotopic (exact) mass is 366 g/mol. The molecular weight excluding hydrogens is 332 g/mol. The van der Waals surface area contributed by atoms with E-state index < -0.39 is 0 Å². The number of hydrogen-bond donors (Lipinski definition) is 2. The molecule has 1 aromatic rings. The Morgan fingerprint density at radius 2 is 1.96 bits per heavy atom. The van der Waals surface area contributed by atoms with Crippen LogP contribution in [-0.4, -0.2) is 37.2 Å². The van der Waals surface area contributed by atoms with E-state index in [1.54, 1.807) is 18.4 Å². The Kier molecular flexibility index (Phi) is 8.16. The van der Waals surface area contributed by atoms with Crippen molar-refractivity contribution in [1.29, 1.82) is 0 Å². The molecule has 0 aliphatic heterocycles. The average Bonchev–Trinajstić information content (AvgIpc) is 2.91. The Labute approximate surface area is 156 Å². The topological polar surface area (TPSA) is 58.5 Å². The number of guanidine groups is 1. The van der Waals surface area contributed by atoms with Crippen molar-refractivity contribution >= 4 is 17.3 Å². The van der Waals surface area contributed by atoms with Gasteiger partial charge in [0.2, 0.25) is 0 Å². The highest BCUT2D eigenvalue weighted by Gasteiger charge is 2.17. The molecule has 1 aliphatic carbocycles. The molecule has 0 spiro atoms. The molecular formula is C19H34N4OS. The summed E-state index contributed by atoms with van der Waals surface area (Å²) in [7, 11) is 1.80. The Bertz CT molecular complexity index is 528. The molecule has 25 heavy (non-hydrogen) atoms. The maximum absolute atomic E-state index is 6.01. The lowest BCUT2D eigenvalue weighted by Crippen LogP contribution is -2.39. The molecule has 0 aromatic carbocycles. The van der Waals surface area contributed by atoms with Crippen molar-refractivity contribution in [3.63, 3.8) is 0 Å². The molecule has 142 valence electrons. The number of aliphatic imine (C=N–C) groups is 1. The number of hydrogen-bond acceptors (Lipinski definition) is 4. The highest BCUT2D eigenvalue weighted by molar-refractivity contribution is 7.09. The molecule has 1 saturated carbocycles. The summed E-state index contributed by atoms with van der Waals surface area (Å²) in [6.07, 6.45) is 8.23. The summed E-state index contributed by atoms with van der Waals surface area (Å²) in [6, 6.07) is 0. The second-order valence-electron chi connectivity index (χ2n) is 7.71. The lowest BCUT2D eigenvalue weighted by molar-refractivity contribution is 0.0468. The van der Waals surface area contributed by atoms with Crippen LogP contribution in [0.25, 0.3) is 0 Å². The fourth-order valence-electron chi connectivity index (χ4n) is 2.92. The van der Waals surface area contributed by atoms with E-state index in [0.29, 0.717) is 12.6 Å². The Morgan fingerprint density at radius 1 is 1.24 bits per heavy atom. The van der Waals surface area contributed by atoms with Crippen LogP contribution >= 0.6 is 11.3 Å². The quantitative estimate of drug-likeness (QED) is 0.347. The normalized spacial score (nSPS) is 17.4. The number of thiazole rings is 1. The maximum Gasteiger partial charge on any atom is 0.191 e. The highest BCUT2D eigenvalue weighted by Crippen LogP contribution is 2.23. The third-order valence-corrected chi connectivity index (χ3v) is 5.35. The first-order chi connectivity index (χ1) is 12.0. The minimum atomic E-state index is 0.101. The van der Waals surface area contributed by atoms with Crippen LogP contribution < -0.4 is 10.6 Å². The Balaban J connectivity index is 1.66. The number of aromatic nitrogens is 1. The summed E-state index contributed by atoms with van der Waals surface area (Å²) < 4.78 is 6.01.